The van der Waals surface area contributed by atoms with E-state index < -0.39 is 28.5 Å². The summed E-state index contributed by atoms with van der Waals surface area (Å²) in [5.41, 5.74) is 3.77. The number of amides is 2. The number of hydrogen-bond acceptors (Lipinski definition) is 4. The first kappa shape index (κ1) is 32.8. The van der Waals surface area contributed by atoms with Crippen molar-refractivity contribution in [1.82, 2.24) is 10.2 Å². The quantitative estimate of drug-likeness (QED) is 0.198. The first-order chi connectivity index (χ1) is 21.0. The van der Waals surface area contributed by atoms with Gasteiger partial charge < -0.3 is 10.2 Å². The van der Waals surface area contributed by atoms with Gasteiger partial charge in [0.15, 0.2) is 0 Å². The molecule has 0 saturated carbocycles. The van der Waals surface area contributed by atoms with E-state index in [0.29, 0.717) is 5.02 Å². The minimum Gasteiger partial charge on any atom is -0.352 e. The molecule has 0 aliphatic carbocycles. The molecule has 4 aromatic carbocycles. The van der Waals surface area contributed by atoms with Crippen LogP contribution in [0.1, 0.15) is 36.1 Å². The zero-order valence-corrected chi connectivity index (χ0v) is 27.0. The Kier molecular flexibility index (Phi) is 10.8. The minimum atomic E-state index is -4.19. The van der Waals surface area contributed by atoms with Crippen LogP contribution in [-0.4, -0.2) is 43.8 Å². The highest BCUT2D eigenvalue weighted by Gasteiger charge is 2.35. The number of sulfonamides is 1. The van der Waals surface area contributed by atoms with Crippen molar-refractivity contribution in [3.8, 4) is 0 Å². The molecular formula is C35H38ClN3O4S. The maximum absolute atomic E-state index is 14.5. The van der Waals surface area contributed by atoms with Crippen molar-refractivity contribution in [3.63, 3.8) is 0 Å². The Bertz CT molecular complexity index is 1680. The Balaban J connectivity index is 1.81. The SMILES string of the molecule is Cc1ccc(CN(C(=O)CN(c2ccc(C)c(Cl)c2)S(=O)(=O)c2ccccc2)[C@@H](Cc2ccccc2)C(=O)NC(C)C)cc1. The lowest BCUT2D eigenvalue weighted by Crippen LogP contribution is -2.54. The van der Waals surface area contributed by atoms with Crippen molar-refractivity contribution in [3.05, 3.63) is 130 Å². The molecule has 0 aliphatic heterocycles. The van der Waals surface area contributed by atoms with Crippen LogP contribution >= 0.6 is 11.6 Å². The fourth-order valence-corrected chi connectivity index (χ4v) is 6.41. The van der Waals surface area contributed by atoms with E-state index >= 15 is 0 Å². The summed E-state index contributed by atoms with van der Waals surface area (Å²) < 4.78 is 29.2. The van der Waals surface area contributed by atoms with Gasteiger partial charge in [0.2, 0.25) is 11.8 Å². The lowest BCUT2D eigenvalue weighted by Gasteiger charge is -2.34. The van der Waals surface area contributed by atoms with Crippen molar-refractivity contribution in [1.29, 1.82) is 0 Å². The van der Waals surface area contributed by atoms with E-state index in [9.17, 15) is 18.0 Å². The Labute approximate surface area is 265 Å². The van der Waals surface area contributed by atoms with Crippen LogP contribution in [0.3, 0.4) is 0 Å². The minimum absolute atomic E-state index is 0.0352. The van der Waals surface area contributed by atoms with Gasteiger partial charge in [-0.15, -0.1) is 0 Å². The third-order valence-electron chi connectivity index (χ3n) is 7.23. The monoisotopic (exact) mass is 631 g/mol. The molecule has 0 bridgehead atoms. The van der Waals surface area contributed by atoms with E-state index in [-0.39, 0.29) is 35.5 Å². The second-order valence-electron chi connectivity index (χ2n) is 11.1. The van der Waals surface area contributed by atoms with Gasteiger partial charge in [-0.2, -0.15) is 0 Å². The van der Waals surface area contributed by atoms with Crippen LogP contribution in [0.4, 0.5) is 5.69 Å². The zero-order valence-electron chi connectivity index (χ0n) is 25.4. The molecule has 0 aromatic heterocycles. The van der Waals surface area contributed by atoms with Gasteiger partial charge in [0.05, 0.1) is 10.6 Å². The second-order valence-corrected chi connectivity index (χ2v) is 13.4. The summed E-state index contributed by atoms with van der Waals surface area (Å²) in [5.74, 6) is -0.846. The maximum atomic E-state index is 14.5. The van der Waals surface area contributed by atoms with Gasteiger partial charge in [0.1, 0.15) is 12.6 Å². The van der Waals surface area contributed by atoms with Crippen molar-refractivity contribution in [2.45, 2.75) is 57.6 Å². The van der Waals surface area contributed by atoms with E-state index in [4.69, 9.17) is 11.6 Å². The van der Waals surface area contributed by atoms with Crippen LogP contribution in [0.15, 0.2) is 108 Å². The summed E-state index contributed by atoms with van der Waals surface area (Å²) in [5, 5.41) is 3.34. The van der Waals surface area contributed by atoms with Crippen molar-refractivity contribution in [2.75, 3.05) is 10.8 Å². The topological polar surface area (TPSA) is 86.8 Å². The molecule has 0 unspecified atom stereocenters. The molecular weight excluding hydrogens is 594 g/mol. The van der Waals surface area contributed by atoms with E-state index in [2.05, 4.69) is 5.32 Å². The van der Waals surface area contributed by atoms with Crippen LogP contribution in [0, 0.1) is 13.8 Å². The predicted molar refractivity (Wildman–Crippen MR) is 176 cm³/mol. The first-order valence-electron chi connectivity index (χ1n) is 14.5. The van der Waals surface area contributed by atoms with Crippen LogP contribution in [0.2, 0.25) is 5.02 Å². The zero-order chi connectivity index (χ0) is 31.9. The molecule has 1 atom stereocenters. The number of nitrogens with zero attached hydrogens (tertiary/aromatic N) is 2. The van der Waals surface area contributed by atoms with Crippen LogP contribution in [-0.2, 0) is 32.6 Å². The molecule has 230 valence electrons. The summed E-state index contributed by atoms with van der Waals surface area (Å²) in [6.07, 6.45) is 0.249. The lowest BCUT2D eigenvalue weighted by molar-refractivity contribution is -0.140. The van der Waals surface area contributed by atoms with Crippen molar-refractivity contribution < 1.29 is 18.0 Å². The number of anilines is 1. The molecule has 9 heteroatoms. The number of carbonyl (C=O) groups is 2. The highest BCUT2D eigenvalue weighted by atomic mass is 35.5. The number of halogens is 1. The van der Waals surface area contributed by atoms with E-state index in [0.717, 1.165) is 26.6 Å². The fourth-order valence-electron chi connectivity index (χ4n) is 4.81. The number of benzene rings is 4. The molecule has 0 radical (unpaired) electrons. The van der Waals surface area contributed by atoms with E-state index in [1.165, 1.54) is 17.0 Å². The molecule has 4 rings (SSSR count). The predicted octanol–water partition coefficient (Wildman–Crippen LogP) is 6.32. The standard InChI is InChI=1S/C35H38ClN3O4S/c1-25(2)37-35(41)33(21-28-11-7-5-8-12-28)38(23-29-18-15-26(3)16-19-29)34(40)24-39(30-20-17-27(4)32(36)22-30)44(42,43)31-13-9-6-10-14-31/h5-20,22,25,33H,21,23-24H2,1-4H3,(H,37,41)/t33-/m0/s1. The second kappa shape index (κ2) is 14.6. The molecule has 2 amide bonds. The summed E-state index contributed by atoms with van der Waals surface area (Å²) >= 11 is 6.43. The smallest absolute Gasteiger partial charge is 0.264 e. The van der Waals surface area contributed by atoms with E-state index in [1.807, 2.05) is 82.3 Å². The van der Waals surface area contributed by atoms with Crippen molar-refractivity contribution >= 4 is 39.1 Å². The Morgan fingerprint density at radius 2 is 1.43 bits per heavy atom. The summed E-state index contributed by atoms with van der Waals surface area (Å²) in [7, 11) is -4.19. The average molecular weight is 632 g/mol. The molecule has 0 spiro atoms. The molecule has 0 saturated heterocycles. The molecule has 0 fully saturated rings. The Morgan fingerprint density at radius 1 is 0.818 bits per heavy atom. The summed E-state index contributed by atoms with van der Waals surface area (Å²) in [4.78, 5) is 29.7. The molecule has 7 nitrogen and oxygen atoms in total. The van der Waals surface area contributed by atoms with Gasteiger partial charge in [-0.25, -0.2) is 8.42 Å². The highest BCUT2D eigenvalue weighted by molar-refractivity contribution is 7.92. The third-order valence-corrected chi connectivity index (χ3v) is 9.42. The number of nitrogens with one attached hydrogen (secondary N) is 1. The van der Waals surface area contributed by atoms with Crippen LogP contribution in [0.5, 0.6) is 0 Å². The van der Waals surface area contributed by atoms with Crippen LogP contribution in [0.25, 0.3) is 0 Å². The Hall–Kier alpha value is -4.14. The molecule has 44 heavy (non-hydrogen) atoms. The van der Waals surface area contributed by atoms with Crippen molar-refractivity contribution in [2.24, 2.45) is 0 Å². The third kappa shape index (κ3) is 8.27. The van der Waals surface area contributed by atoms with Gasteiger partial charge in [0.25, 0.3) is 10.0 Å². The number of hydrogen-bond donors (Lipinski definition) is 1. The van der Waals surface area contributed by atoms with Crippen LogP contribution < -0.4 is 9.62 Å². The average Bonchev–Trinajstić information content (AvgIpc) is 3.00. The first-order valence-corrected chi connectivity index (χ1v) is 16.3. The summed E-state index contributed by atoms with van der Waals surface area (Å²) in [6.45, 7) is 7.08. The lowest BCUT2D eigenvalue weighted by atomic mass is 10.0. The highest BCUT2D eigenvalue weighted by Crippen LogP contribution is 2.29. The number of aryl methyl sites for hydroxylation is 2. The van der Waals surface area contributed by atoms with Gasteiger partial charge in [-0.3, -0.25) is 13.9 Å². The molecule has 0 aliphatic rings. The van der Waals surface area contributed by atoms with Gasteiger partial charge in [-0.05, 0) is 68.7 Å². The van der Waals surface area contributed by atoms with Gasteiger partial charge in [0, 0.05) is 24.0 Å². The molecule has 4 aromatic rings. The number of carbonyl (C=O) groups excluding carboxylic acids is 2. The van der Waals surface area contributed by atoms with Gasteiger partial charge in [-0.1, -0.05) is 96.0 Å². The van der Waals surface area contributed by atoms with E-state index in [1.54, 1.807) is 36.4 Å². The maximum Gasteiger partial charge on any atom is 0.264 e. The fraction of sp³-hybridized carbons (Fsp3) is 0.257. The summed E-state index contributed by atoms with van der Waals surface area (Å²) in [6, 6.07) is 29.0. The molecule has 1 N–H and O–H groups in total. The molecule has 0 heterocycles. The largest absolute Gasteiger partial charge is 0.352 e. The van der Waals surface area contributed by atoms with Gasteiger partial charge >= 0.3 is 0 Å². The normalized spacial score (nSPS) is 12.0. The Morgan fingerprint density at radius 3 is 2.02 bits per heavy atom. The number of rotatable bonds is 12.